The molecule has 0 radical (unpaired) electrons. The number of anilines is 1. The highest BCUT2D eigenvalue weighted by Crippen LogP contribution is 2.45. The molecule has 2 aromatic carbocycles. The summed E-state index contributed by atoms with van der Waals surface area (Å²) >= 11 is 0. The average molecular weight is 568 g/mol. The van der Waals surface area contributed by atoms with Gasteiger partial charge in [0.05, 0.1) is 29.8 Å². The Kier molecular flexibility index (Phi) is 9.92. The van der Waals surface area contributed by atoms with Gasteiger partial charge in [0.25, 0.3) is 0 Å². The molecule has 0 aliphatic heterocycles. The highest BCUT2D eigenvalue weighted by Gasteiger charge is 2.32. The van der Waals surface area contributed by atoms with E-state index in [2.05, 4.69) is 9.55 Å². The first kappa shape index (κ1) is 29.7. The van der Waals surface area contributed by atoms with E-state index in [-0.39, 0.29) is 18.2 Å². The zero-order valence-electron chi connectivity index (χ0n) is 23.9. The van der Waals surface area contributed by atoms with Crippen LogP contribution in [0.1, 0.15) is 40.4 Å². The van der Waals surface area contributed by atoms with Crippen molar-refractivity contribution in [2.45, 2.75) is 66.0 Å². The summed E-state index contributed by atoms with van der Waals surface area (Å²) in [6.45, 7) is 10.7. The van der Waals surface area contributed by atoms with Gasteiger partial charge in [-0.1, -0.05) is 36.4 Å². The number of likely N-dealkylation sites (N-methyl/N-ethyl adjacent to an activating group) is 1. The Balaban J connectivity index is 1.66. The Morgan fingerprint density at radius 2 is 1.75 bits per heavy atom. The lowest BCUT2D eigenvalue weighted by Crippen LogP contribution is -2.37. The number of hydrogen-bond donors (Lipinski definition) is 1. The Morgan fingerprint density at radius 3 is 2.45 bits per heavy atom. The van der Waals surface area contributed by atoms with Crippen molar-refractivity contribution in [1.29, 1.82) is 0 Å². The minimum Gasteiger partial charge on any atom is -0.462 e. The summed E-state index contributed by atoms with van der Waals surface area (Å²) in [4.78, 5) is 22.1. The Labute approximate surface area is 236 Å². The van der Waals surface area contributed by atoms with Gasteiger partial charge in [-0.15, -0.1) is 0 Å². The molecule has 0 bridgehead atoms. The van der Waals surface area contributed by atoms with E-state index in [0.29, 0.717) is 36.8 Å². The molecule has 0 saturated carbocycles. The molecule has 4 aromatic rings. The van der Waals surface area contributed by atoms with Gasteiger partial charge in [-0.2, -0.15) is 0 Å². The van der Waals surface area contributed by atoms with Crippen molar-refractivity contribution < 1.29 is 23.3 Å². The van der Waals surface area contributed by atoms with E-state index < -0.39 is 14.6 Å². The molecular formula is C29H38N5O5P. The number of fused-ring (bicyclic) bond motifs is 3. The van der Waals surface area contributed by atoms with Gasteiger partial charge < -0.3 is 28.8 Å². The quantitative estimate of drug-likeness (QED) is 0.161. The second-order valence-corrected chi connectivity index (χ2v) is 11.3. The molecule has 10 nitrogen and oxygen atoms in total. The topological polar surface area (TPSA) is 114 Å². The zero-order valence-corrected chi connectivity index (χ0v) is 24.8. The first-order valence-electron chi connectivity index (χ1n) is 13.4. The van der Waals surface area contributed by atoms with Crippen LogP contribution in [0.3, 0.4) is 0 Å². The first-order valence-corrected chi connectivity index (χ1v) is 14.6. The highest BCUT2D eigenvalue weighted by molar-refractivity contribution is 7.45. The number of rotatable bonds is 13. The molecular weight excluding hydrogens is 529 g/mol. The standard InChI is InChI=1S/C29H38N5O5P/c1-7-36-18-25-32-26-27(23-15-11-12-16-24(23)31-28(26)30)34(25)17-20(4)38-40(39-22-13-9-8-10-14-22)33(6)21(5)29(35)37-19(2)3/h8-16,19-21H,7,17-18H2,1-6H3,(H2,30,31)/t20-,21-,40+/m0/s1. The molecule has 40 heavy (non-hydrogen) atoms. The maximum atomic E-state index is 12.7. The van der Waals surface area contributed by atoms with E-state index in [9.17, 15) is 4.79 Å². The number of carbonyl (C=O) groups is 1. The maximum Gasteiger partial charge on any atom is 0.323 e. The molecule has 0 amide bonds. The number of nitrogens with two attached hydrogens (primary N) is 1. The summed E-state index contributed by atoms with van der Waals surface area (Å²) < 4.78 is 27.9. The van der Waals surface area contributed by atoms with Crippen LogP contribution in [0.15, 0.2) is 54.6 Å². The van der Waals surface area contributed by atoms with Crippen molar-refractivity contribution in [1.82, 2.24) is 19.2 Å². The van der Waals surface area contributed by atoms with E-state index in [1.807, 2.05) is 82.3 Å². The van der Waals surface area contributed by atoms with Gasteiger partial charge in [0.15, 0.2) is 5.82 Å². The average Bonchev–Trinajstić information content (AvgIpc) is 3.29. The molecule has 214 valence electrons. The van der Waals surface area contributed by atoms with Gasteiger partial charge in [-0.25, -0.2) is 14.6 Å². The third-order valence-corrected chi connectivity index (χ3v) is 8.04. The number of pyridine rings is 1. The molecule has 0 aliphatic carbocycles. The molecule has 4 rings (SSSR count). The van der Waals surface area contributed by atoms with E-state index >= 15 is 0 Å². The van der Waals surface area contributed by atoms with Crippen molar-refractivity contribution in [3.63, 3.8) is 0 Å². The Morgan fingerprint density at radius 1 is 1.05 bits per heavy atom. The van der Waals surface area contributed by atoms with Gasteiger partial charge in [0, 0.05) is 12.0 Å². The molecule has 0 fully saturated rings. The van der Waals surface area contributed by atoms with Gasteiger partial charge >= 0.3 is 14.5 Å². The van der Waals surface area contributed by atoms with Crippen LogP contribution in [0.25, 0.3) is 21.9 Å². The predicted molar refractivity (Wildman–Crippen MR) is 158 cm³/mol. The lowest BCUT2D eigenvalue weighted by Gasteiger charge is -2.32. The van der Waals surface area contributed by atoms with Crippen LogP contribution in [-0.2, 0) is 31.9 Å². The number of imidazole rings is 1. The molecule has 0 saturated heterocycles. The van der Waals surface area contributed by atoms with Crippen LogP contribution >= 0.6 is 8.53 Å². The number of nitrogen functional groups attached to an aromatic ring is 1. The van der Waals surface area contributed by atoms with Crippen molar-refractivity contribution in [3.8, 4) is 5.75 Å². The monoisotopic (exact) mass is 567 g/mol. The number of nitrogens with zero attached hydrogens (tertiary/aromatic N) is 4. The van der Waals surface area contributed by atoms with Gasteiger partial charge in [-0.3, -0.25) is 4.79 Å². The SMILES string of the molecule is CCOCc1nc2c(N)nc3ccccc3c2n1C[C@H](C)O[P@](Oc1ccccc1)N(C)[C@@H](C)C(=O)OC(C)C. The number of carbonyl (C=O) groups excluding carboxylic acids is 1. The number of ether oxygens (including phenoxy) is 2. The van der Waals surface area contributed by atoms with E-state index in [4.69, 9.17) is 29.2 Å². The third kappa shape index (κ3) is 6.88. The highest BCUT2D eigenvalue weighted by atomic mass is 31.2. The second-order valence-electron chi connectivity index (χ2n) is 9.78. The predicted octanol–water partition coefficient (Wildman–Crippen LogP) is 5.69. The van der Waals surface area contributed by atoms with Crippen LogP contribution in [-0.4, -0.2) is 57.1 Å². The summed E-state index contributed by atoms with van der Waals surface area (Å²) in [5.74, 6) is 1.40. The Hall–Kier alpha value is -3.30. The lowest BCUT2D eigenvalue weighted by molar-refractivity contribution is -0.151. The van der Waals surface area contributed by atoms with E-state index in [1.54, 1.807) is 18.6 Å². The van der Waals surface area contributed by atoms with E-state index in [0.717, 1.165) is 22.2 Å². The summed E-state index contributed by atoms with van der Waals surface area (Å²) in [5.41, 5.74) is 8.64. The van der Waals surface area contributed by atoms with Crippen LogP contribution in [0, 0.1) is 0 Å². The van der Waals surface area contributed by atoms with Crippen LogP contribution in [0.5, 0.6) is 5.75 Å². The number of hydrogen-bond acceptors (Lipinski definition) is 9. The molecule has 0 aliphatic rings. The van der Waals surface area contributed by atoms with Gasteiger partial charge in [0.2, 0.25) is 0 Å². The summed E-state index contributed by atoms with van der Waals surface area (Å²) in [5, 5.41) is 0.944. The molecule has 2 aromatic heterocycles. The number of aromatic nitrogens is 3. The molecule has 3 atom stereocenters. The number of esters is 1. The molecule has 0 spiro atoms. The maximum absolute atomic E-state index is 12.7. The molecule has 11 heteroatoms. The van der Waals surface area contributed by atoms with Gasteiger partial charge in [-0.05, 0) is 59.9 Å². The van der Waals surface area contributed by atoms with Crippen molar-refractivity contribution in [2.24, 2.45) is 0 Å². The van der Waals surface area contributed by atoms with Crippen molar-refractivity contribution in [3.05, 3.63) is 60.4 Å². The van der Waals surface area contributed by atoms with Crippen molar-refractivity contribution in [2.75, 3.05) is 19.4 Å². The summed E-state index contributed by atoms with van der Waals surface area (Å²) in [6, 6.07) is 16.7. The fraction of sp³-hybridized carbons (Fsp3) is 0.414. The summed E-state index contributed by atoms with van der Waals surface area (Å²) in [6.07, 6.45) is -0.559. The van der Waals surface area contributed by atoms with Crippen molar-refractivity contribution >= 4 is 42.2 Å². The molecule has 0 unspecified atom stereocenters. The number of benzene rings is 2. The summed E-state index contributed by atoms with van der Waals surface area (Å²) in [7, 11) is 0.116. The van der Waals surface area contributed by atoms with Crippen LogP contribution in [0.2, 0.25) is 0 Å². The minimum atomic E-state index is -1.69. The third-order valence-electron chi connectivity index (χ3n) is 6.27. The second kappa shape index (κ2) is 13.4. The fourth-order valence-corrected chi connectivity index (χ4v) is 5.58. The van der Waals surface area contributed by atoms with Gasteiger partial charge in [0.1, 0.15) is 29.7 Å². The fourth-order valence-electron chi connectivity index (χ4n) is 4.21. The minimum absolute atomic E-state index is 0.223. The van der Waals surface area contributed by atoms with Crippen LogP contribution < -0.4 is 10.3 Å². The number of para-hydroxylation sites is 2. The first-order chi connectivity index (χ1) is 19.2. The smallest absolute Gasteiger partial charge is 0.323 e. The Bertz CT molecular complexity index is 1430. The normalized spacial score (nSPS) is 14.1. The zero-order chi connectivity index (χ0) is 28.8. The largest absolute Gasteiger partial charge is 0.462 e. The van der Waals surface area contributed by atoms with Crippen LogP contribution in [0.4, 0.5) is 5.82 Å². The van der Waals surface area contributed by atoms with E-state index in [1.165, 1.54) is 0 Å². The lowest BCUT2D eigenvalue weighted by atomic mass is 10.2. The molecule has 2 N–H and O–H groups in total. The molecule has 2 heterocycles.